The van der Waals surface area contributed by atoms with Gasteiger partial charge in [-0.05, 0) is 122 Å². The van der Waals surface area contributed by atoms with Crippen molar-refractivity contribution >= 4 is 17.9 Å². The summed E-state index contributed by atoms with van der Waals surface area (Å²) in [7, 11) is 0. The molecule has 0 rings (SSSR count). The Morgan fingerprint density at radius 2 is 0.603 bits per heavy atom. The first-order valence-electron chi connectivity index (χ1n) is 27.9. The molecule has 6 heteroatoms. The molecular formula is C62H102O6. The first-order valence-corrected chi connectivity index (χ1v) is 27.9. The van der Waals surface area contributed by atoms with Crippen LogP contribution in [0.25, 0.3) is 0 Å². The highest BCUT2D eigenvalue weighted by Crippen LogP contribution is 2.14. The van der Waals surface area contributed by atoms with Crippen LogP contribution >= 0.6 is 0 Å². The van der Waals surface area contributed by atoms with Gasteiger partial charge in [-0.2, -0.15) is 0 Å². The topological polar surface area (TPSA) is 78.9 Å². The molecule has 1 unspecified atom stereocenters. The molecule has 68 heavy (non-hydrogen) atoms. The maximum absolute atomic E-state index is 12.8. The highest BCUT2D eigenvalue weighted by atomic mass is 16.6. The van der Waals surface area contributed by atoms with Gasteiger partial charge in [-0.1, -0.05) is 214 Å². The summed E-state index contributed by atoms with van der Waals surface area (Å²) >= 11 is 0. The van der Waals surface area contributed by atoms with Gasteiger partial charge in [0.1, 0.15) is 13.2 Å². The second-order valence-corrected chi connectivity index (χ2v) is 18.1. The molecule has 0 radical (unpaired) electrons. The summed E-state index contributed by atoms with van der Waals surface area (Å²) in [5.74, 6) is -0.961. The zero-order chi connectivity index (χ0) is 49.3. The Kier molecular flexibility index (Phi) is 52.4. The van der Waals surface area contributed by atoms with Crippen molar-refractivity contribution in [3.05, 3.63) is 109 Å². The van der Waals surface area contributed by atoms with Crippen molar-refractivity contribution in [2.45, 2.75) is 252 Å². The molecule has 0 spiro atoms. The fourth-order valence-corrected chi connectivity index (χ4v) is 7.30. The smallest absolute Gasteiger partial charge is 0.306 e. The van der Waals surface area contributed by atoms with E-state index < -0.39 is 6.10 Å². The van der Waals surface area contributed by atoms with E-state index in [4.69, 9.17) is 14.2 Å². The van der Waals surface area contributed by atoms with Crippen molar-refractivity contribution in [1.82, 2.24) is 0 Å². The maximum Gasteiger partial charge on any atom is 0.306 e. The van der Waals surface area contributed by atoms with Gasteiger partial charge in [0.15, 0.2) is 6.10 Å². The van der Waals surface area contributed by atoms with Gasteiger partial charge in [-0.25, -0.2) is 0 Å². The number of ether oxygens (including phenoxy) is 3. The van der Waals surface area contributed by atoms with Crippen molar-refractivity contribution in [3.63, 3.8) is 0 Å². The standard InChI is InChI=1S/C62H102O6/c1-4-7-10-13-16-19-22-24-26-28-30-31-33-34-36-38-40-43-46-49-52-55-61(64)67-58-59(57-66-60(63)54-51-48-45-42-21-18-15-12-9-6-3)68-62(65)56-53-50-47-44-41-39-37-35-32-29-27-25-23-20-17-14-11-8-5-2/h7,10,12,15-17,19-20,24-27,30-31,34,36,40,43,59H,4-6,8-9,11,13-14,18,21-23,28-29,32-33,35,37-39,41-42,44-58H2,1-3H3/b10-7-,15-12-,19-16-,20-17-,26-24-,27-25-,31-30-,36-34-,43-40-. The Morgan fingerprint density at radius 3 is 1.00 bits per heavy atom. The van der Waals surface area contributed by atoms with E-state index in [1.807, 2.05) is 0 Å². The molecule has 0 amide bonds. The number of allylic oxidation sites excluding steroid dienone is 18. The highest BCUT2D eigenvalue weighted by molar-refractivity contribution is 5.71. The summed E-state index contributed by atoms with van der Waals surface area (Å²) in [6.45, 7) is 6.39. The van der Waals surface area contributed by atoms with Gasteiger partial charge < -0.3 is 14.2 Å². The van der Waals surface area contributed by atoms with Crippen molar-refractivity contribution in [2.24, 2.45) is 0 Å². The predicted octanol–water partition coefficient (Wildman–Crippen LogP) is 18.7. The third-order valence-corrected chi connectivity index (χ3v) is 11.5. The van der Waals surface area contributed by atoms with Crippen molar-refractivity contribution in [1.29, 1.82) is 0 Å². The number of rotatable bonds is 49. The molecule has 1 atom stereocenters. The highest BCUT2D eigenvalue weighted by Gasteiger charge is 2.19. The predicted molar refractivity (Wildman–Crippen MR) is 293 cm³/mol. The second-order valence-electron chi connectivity index (χ2n) is 18.1. The van der Waals surface area contributed by atoms with Crippen molar-refractivity contribution in [2.75, 3.05) is 13.2 Å². The molecule has 0 aliphatic heterocycles. The summed E-state index contributed by atoms with van der Waals surface area (Å²) in [5.41, 5.74) is 0. The lowest BCUT2D eigenvalue weighted by molar-refractivity contribution is -0.167. The van der Waals surface area contributed by atoms with Crippen LogP contribution in [0, 0.1) is 0 Å². The molecule has 0 saturated heterocycles. The van der Waals surface area contributed by atoms with Gasteiger partial charge in [0.2, 0.25) is 0 Å². The lowest BCUT2D eigenvalue weighted by Crippen LogP contribution is -2.30. The van der Waals surface area contributed by atoms with E-state index in [0.717, 1.165) is 122 Å². The van der Waals surface area contributed by atoms with Crippen LogP contribution in [0.1, 0.15) is 245 Å². The number of carbonyl (C=O) groups is 3. The zero-order valence-electron chi connectivity index (χ0n) is 44.1. The van der Waals surface area contributed by atoms with Crippen LogP contribution in [-0.2, 0) is 28.6 Å². The molecule has 0 fully saturated rings. The van der Waals surface area contributed by atoms with E-state index in [-0.39, 0.29) is 31.1 Å². The molecule has 0 aromatic heterocycles. The molecule has 0 aromatic rings. The van der Waals surface area contributed by atoms with E-state index in [2.05, 4.69) is 130 Å². The van der Waals surface area contributed by atoms with Crippen LogP contribution in [-0.4, -0.2) is 37.2 Å². The van der Waals surface area contributed by atoms with Gasteiger partial charge in [0.05, 0.1) is 0 Å². The molecule has 0 aromatic carbocycles. The minimum Gasteiger partial charge on any atom is -0.462 e. The van der Waals surface area contributed by atoms with E-state index in [1.165, 1.54) is 83.5 Å². The Labute approximate surface area is 419 Å². The number of hydrogen-bond acceptors (Lipinski definition) is 6. The number of carbonyl (C=O) groups excluding carboxylic acids is 3. The van der Waals surface area contributed by atoms with Gasteiger partial charge in [-0.3, -0.25) is 14.4 Å². The van der Waals surface area contributed by atoms with Gasteiger partial charge in [-0.15, -0.1) is 0 Å². The summed E-state index contributed by atoms with van der Waals surface area (Å²) in [6.07, 6.45) is 75.1. The Morgan fingerprint density at radius 1 is 0.309 bits per heavy atom. The summed E-state index contributed by atoms with van der Waals surface area (Å²) in [5, 5.41) is 0. The van der Waals surface area contributed by atoms with Gasteiger partial charge in [0.25, 0.3) is 0 Å². The minimum atomic E-state index is -0.803. The van der Waals surface area contributed by atoms with Crippen LogP contribution in [0.2, 0.25) is 0 Å². The van der Waals surface area contributed by atoms with Crippen LogP contribution in [0.3, 0.4) is 0 Å². The normalized spacial score (nSPS) is 12.9. The molecule has 0 bridgehead atoms. The number of hydrogen-bond donors (Lipinski definition) is 0. The fourth-order valence-electron chi connectivity index (χ4n) is 7.30. The average Bonchev–Trinajstić information content (AvgIpc) is 3.34. The Balaban J connectivity index is 4.42. The summed E-state index contributed by atoms with van der Waals surface area (Å²) in [6, 6.07) is 0. The van der Waals surface area contributed by atoms with E-state index >= 15 is 0 Å². The monoisotopic (exact) mass is 943 g/mol. The summed E-state index contributed by atoms with van der Waals surface area (Å²) < 4.78 is 16.8. The summed E-state index contributed by atoms with van der Waals surface area (Å²) in [4.78, 5) is 38.0. The number of unbranched alkanes of at least 4 members (excludes halogenated alkanes) is 20. The van der Waals surface area contributed by atoms with Crippen molar-refractivity contribution in [3.8, 4) is 0 Å². The van der Waals surface area contributed by atoms with E-state index in [1.54, 1.807) is 0 Å². The molecule has 0 saturated carbocycles. The third kappa shape index (κ3) is 53.0. The molecule has 0 aliphatic rings. The van der Waals surface area contributed by atoms with Gasteiger partial charge >= 0.3 is 17.9 Å². The van der Waals surface area contributed by atoms with Crippen LogP contribution < -0.4 is 0 Å². The van der Waals surface area contributed by atoms with Crippen LogP contribution in [0.4, 0.5) is 0 Å². The van der Waals surface area contributed by atoms with E-state index in [9.17, 15) is 14.4 Å². The molecule has 386 valence electrons. The SMILES string of the molecule is CC/C=C\C/C=C\C/C=C\C/C=C\C/C=C\C/C=C\CCCCC(=O)OCC(COC(=O)CCCCCCC/C=C\CCC)OC(=O)CCCCCCCCCCC/C=C\C/C=C\CCCCC. The zero-order valence-corrected chi connectivity index (χ0v) is 44.1. The Bertz CT molecular complexity index is 1410. The maximum atomic E-state index is 12.8. The first kappa shape index (κ1) is 64.1. The second kappa shape index (κ2) is 55.7. The Hall–Kier alpha value is -3.93. The molecular weight excluding hydrogens is 841 g/mol. The molecule has 0 heterocycles. The molecule has 0 N–H and O–H groups in total. The first-order chi connectivity index (χ1) is 33.5. The number of esters is 3. The largest absolute Gasteiger partial charge is 0.462 e. The molecule has 0 aliphatic carbocycles. The average molecular weight is 943 g/mol. The van der Waals surface area contributed by atoms with E-state index in [0.29, 0.717) is 19.3 Å². The third-order valence-electron chi connectivity index (χ3n) is 11.5. The fraction of sp³-hybridized carbons (Fsp3) is 0.661. The lowest BCUT2D eigenvalue weighted by atomic mass is 10.1. The quantitative estimate of drug-likeness (QED) is 0.0262. The van der Waals surface area contributed by atoms with Crippen LogP contribution in [0.5, 0.6) is 0 Å². The van der Waals surface area contributed by atoms with Crippen molar-refractivity contribution < 1.29 is 28.6 Å². The van der Waals surface area contributed by atoms with Crippen LogP contribution in [0.15, 0.2) is 109 Å². The molecule has 6 nitrogen and oxygen atoms in total. The minimum absolute atomic E-state index is 0.0997. The van der Waals surface area contributed by atoms with Gasteiger partial charge in [0, 0.05) is 19.3 Å². The lowest BCUT2D eigenvalue weighted by Gasteiger charge is -2.18.